The highest BCUT2D eigenvalue weighted by molar-refractivity contribution is 4.89. The molecule has 0 bridgehead atoms. The normalized spacial score (nSPS) is 18.0. The molecular weight excluding hydrogens is 190 g/mol. The van der Waals surface area contributed by atoms with E-state index in [0.29, 0.717) is 6.04 Å². The number of hydrogen-bond acceptors (Lipinski definition) is 4. The summed E-state index contributed by atoms with van der Waals surface area (Å²) in [6, 6.07) is 0.457. The van der Waals surface area contributed by atoms with Gasteiger partial charge in [-0.3, -0.25) is 0 Å². The largest absolute Gasteiger partial charge is 0.310 e. The highest BCUT2D eigenvalue weighted by Gasteiger charge is 2.31. The van der Waals surface area contributed by atoms with Gasteiger partial charge in [0.25, 0.3) is 0 Å². The van der Waals surface area contributed by atoms with Crippen LogP contribution in [-0.4, -0.2) is 26.8 Å². The van der Waals surface area contributed by atoms with Gasteiger partial charge < -0.3 is 5.32 Å². The van der Waals surface area contributed by atoms with E-state index in [0.717, 1.165) is 31.3 Å². The van der Waals surface area contributed by atoms with Gasteiger partial charge in [0, 0.05) is 0 Å². The minimum absolute atomic E-state index is 0.457. The van der Waals surface area contributed by atoms with Gasteiger partial charge in [0.2, 0.25) is 0 Å². The lowest BCUT2D eigenvalue weighted by Gasteiger charge is -2.12. The summed E-state index contributed by atoms with van der Waals surface area (Å²) in [6.07, 6.45) is 3.78. The first kappa shape index (κ1) is 10.5. The maximum absolute atomic E-state index is 4.07. The Hall–Kier alpha value is -0.970. The van der Waals surface area contributed by atoms with Crippen LogP contribution >= 0.6 is 0 Å². The van der Waals surface area contributed by atoms with Gasteiger partial charge in [-0.25, -0.2) is 4.68 Å². The lowest BCUT2D eigenvalue weighted by Crippen LogP contribution is -2.20. The Labute approximate surface area is 90.2 Å². The summed E-state index contributed by atoms with van der Waals surface area (Å²) in [5.41, 5.74) is 0. The number of nitrogens with one attached hydrogen (secondary N) is 1. The van der Waals surface area contributed by atoms with Gasteiger partial charge in [-0.15, -0.1) is 5.10 Å². The molecule has 1 heterocycles. The molecule has 1 N–H and O–H groups in total. The van der Waals surface area contributed by atoms with E-state index in [1.54, 1.807) is 0 Å². The Bertz CT molecular complexity index is 305. The van der Waals surface area contributed by atoms with Crippen LogP contribution in [0.3, 0.4) is 0 Å². The SMILES string of the molecule is CCCNCc1nnnn1C(C)C1CC1. The van der Waals surface area contributed by atoms with E-state index in [-0.39, 0.29) is 0 Å². The smallest absolute Gasteiger partial charge is 0.165 e. The van der Waals surface area contributed by atoms with Gasteiger partial charge in [-0.1, -0.05) is 6.92 Å². The quantitative estimate of drug-likeness (QED) is 0.714. The van der Waals surface area contributed by atoms with Crippen LogP contribution in [0.2, 0.25) is 0 Å². The highest BCUT2D eigenvalue weighted by atomic mass is 15.6. The van der Waals surface area contributed by atoms with E-state index in [4.69, 9.17) is 0 Å². The fourth-order valence-corrected chi connectivity index (χ4v) is 1.80. The zero-order chi connectivity index (χ0) is 10.7. The monoisotopic (exact) mass is 209 g/mol. The first-order valence-corrected chi connectivity index (χ1v) is 5.80. The Morgan fingerprint density at radius 1 is 1.53 bits per heavy atom. The third kappa shape index (κ3) is 2.53. The molecule has 0 aromatic carbocycles. The van der Waals surface area contributed by atoms with Crippen LogP contribution in [-0.2, 0) is 6.54 Å². The minimum atomic E-state index is 0.457. The summed E-state index contributed by atoms with van der Waals surface area (Å²) in [7, 11) is 0. The lowest BCUT2D eigenvalue weighted by atomic mass is 10.2. The van der Waals surface area contributed by atoms with Crippen LogP contribution in [0.15, 0.2) is 0 Å². The number of aromatic nitrogens is 4. The number of rotatable bonds is 6. The van der Waals surface area contributed by atoms with E-state index in [1.807, 2.05) is 4.68 Å². The molecule has 1 atom stereocenters. The predicted molar refractivity (Wildman–Crippen MR) is 57.2 cm³/mol. The molecule has 1 aliphatic carbocycles. The van der Waals surface area contributed by atoms with Gasteiger partial charge in [0.05, 0.1) is 12.6 Å². The Morgan fingerprint density at radius 3 is 3.00 bits per heavy atom. The number of tetrazole rings is 1. The van der Waals surface area contributed by atoms with E-state index in [1.165, 1.54) is 12.8 Å². The standard InChI is InChI=1S/C10H19N5/c1-3-6-11-7-10-12-13-14-15(10)8(2)9-4-5-9/h8-9,11H,3-7H2,1-2H3. The van der Waals surface area contributed by atoms with Gasteiger partial charge in [-0.05, 0) is 49.1 Å². The summed E-state index contributed by atoms with van der Waals surface area (Å²) in [4.78, 5) is 0. The van der Waals surface area contributed by atoms with Gasteiger partial charge in [-0.2, -0.15) is 0 Å². The third-order valence-corrected chi connectivity index (χ3v) is 2.96. The summed E-state index contributed by atoms with van der Waals surface area (Å²) in [5.74, 6) is 1.75. The number of hydrogen-bond donors (Lipinski definition) is 1. The summed E-state index contributed by atoms with van der Waals surface area (Å²) < 4.78 is 1.97. The molecule has 1 saturated carbocycles. The number of nitrogens with zero attached hydrogens (tertiary/aromatic N) is 4. The molecule has 1 aromatic rings. The molecule has 0 spiro atoms. The van der Waals surface area contributed by atoms with Crippen LogP contribution in [0.5, 0.6) is 0 Å². The van der Waals surface area contributed by atoms with Gasteiger partial charge >= 0.3 is 0 Å². The van der Waals surface area contributed by atoms with Crippen LogP contribution in [0.25, 0.3) is 0 Å². The van der Waals surface area contributed by atoms with Crippen LogP contribution in [0, 0.1) is 5.92 Å². The molecule has 1 aromatic heterocycles. The summed E-state index contributed by atoms with van der Waals surface area (Å²) in [6.45, 7) is 6.16. The lowest BCUT2D eigenvalue weighted by molar-refractivity contribution is 0.409. The fourth-order valence-electron chi connectivity index (χ4n) is 1.80. The molecule has 0 aliphatic heterocycles. The first-order chi connectivity index (χ1) is 7.33. The van der Waals surface area contributed by atoms with Gasteiger partial charge in [0.15, 0.2) is 5.82 Å². The Kier molecular flexibility index (Phi) is 3.30. The molecule has 0 saturated heterocycles. The second kappa shape index (κ2) is 4.70. The van der Waals surface area contributed by atoms with Crippen molar-refractivity contribution in [3.8, 4) is 0 Å². The van der Waals surface area contributed by atoms with Crippen molar-refractivity contribution in [2.75, 3.05) is 6.54 Å². The summed E-state index contributed by atoms with van der Waals surface area (Å²) >= 11 is 0. The molecular formula is C10H19N5. The van der Waals surface area contributed by atoms with Crippen molar-refractivity contribution < 1.29 is 0 Å². The fraction of sp³-hybridized carbons (Fsp3) is 0.900. The molecule has 1 unspecified atom stereocenters. The van der Waals surface area contributed by atoms with E-state index in [2.05, 4.69) is 34.7 Å². The second-order valence-corrected chi connectivity index (χ2v) is 4.29. The van der Waals surface area contributed by atoms with Crippen LogP contribution < -0.4 is 5.32 Å². The molecule has 1 aliphatic rings. The van der Waals surface area contributed by atoms with Crippen LogP contribution in [0.1, 0.15) is 45.0 Å². The molecule has 15 heavy (non-hydrogen) atoms. The maximum Gasteiger partial charge on any atom is 0.165 e. The molecule has 84 valence electrons. The Balaban J connectivity index is 1.94. The topological polar surface area (TPSA) is 55.6 Å². The van der Waals surface area contributed by atoms with E-state index in [9.17, 15) is 0 Å². The van der Waals surface area contributed by atoms with Crippen molar-refractivity contribution in [1.29, 1.82) is 0 Å². The van der Waals surface area contributed by atoms with Gasteiger partial charge in [0.1, 0.15) is 0 Å². The molecule has 0 radical (unpaired) electrons. The highest BCUT2D eigenvalue weighted by Crippen LogP contribution is 2.39. The van der Waals surface area contributed by atoms with Crippen molar-refractivity contribution in [3.63, 3.8) is 0 Å². The Morgan fingerprint density at radius 2 is 2.33 bits per heavy atom. The summed E-state index contributed by atoms with van der Waals surface area (Å²) in [5, 5.41) is 15.2. The van der Waals surface area contributed by atoms with Crippen molar-refractivity contribution in [3.05, 3.63) is 5.82 Å². The van der Waals surface area contributed by atoms with E-state index >= 15 is 0 Å². The zero-order valence-corrected chi connectivity index (χ0v) is 9.48. The molecule has 1 fully saturated rings. The van der Waals surface area contributed by atoms with Crippen LogP contribution in [0.4, 0.5) is 0 Å². The molecule has 0 amide bonds. The third-order valence-electron chi connectivity index (χ3n) is 2.96. The molecule has 5 heteroatoms. The van der Waals surface area contributed by atoms with E-state index < -0.39 is 0 Å². The molecule has 2 rings (SSSR count). The average Bonchev–Trinajstić information content (AvgIpc) is 2.98. The second-order valence-electron chi connectivity index (χ2n) is 4.29. The molecule has 5 nitrogen and oxygen atoms in total. The predicted octanol–water partition coefficient (Wildman–Crippen LogP) is 1.14. The minimum Gasteiger partial charge on any atom is -0.310 e. The van der Waals surface area contributed by atoms with Crippen molar-refractivity contribution in [2.45, 2.75) is 45.7 Å². The first-order valence-electron chi connectivity index (χ1n) is 5.80. The van der Waals surface area contributed by atoms with Crippen molar-refractivity contribution in [2.24, 2.45) is 5.92 Å². The average molecular weight is 209 g/mol. The van der Waals surface area contributed by atoms with Crippen molar-refractivity contribution in [1.82, 2.24) is 25.5 Å². The maximum atomic E-state index is 4.07. The zero-order valence-electron chi connectivity index (χ0n) is 9.48. The van der Waals surface area contributed by atoms with Crippen molar-refractivity contribution >= 4 is 0 Å².